The van der Waals surface area contributed by atoms with Crippen molar-refractivity contribution in [2.24, 2.45) is 5.92 Å². The zero-order chi connectivity index (χ0) is 11.5. The van der Waals surface area contributed by atoms with Gasteiger partial charge >= 0.3 is 5.97 Å². The first kappa shape index (κ1) is 10.7. The van der Waals surface area contributed by atoms with E-state index in [1.165, 1.54) is 12.4 Å². The molecule has 1 fully saturated rings. The van der Waals surface area contributed by atoms with Crippen LogP contribution < -0.4 is 10.9 Å². The predicted octanol–water partition coefficient (Wildman–Crippen LogP) is 0.435. The molecule has 1 heterocycles. The third kappa shape index (κ3) is 2.21. The first-order chi connectivity index (χ1) is 7.66. The summed E-state index contributed by atoms with van der Waals surface area (Å²) in [4.78, 5) is 28.3. The summed E-state index contributed by atoms with van der Waals surface area (Å²) < 4.78 is 0. The number of hydrogen-bond acceptors (Lipinski definition) is 4. The number of nitrogens with zero attached hydrogens (tertiary/aromatic N) is 1. The fraction of sp³-hybridized carbons (Fsp3) is 0.500. The average Bonchev–Trinajstić information content (AvgIpc) is 2.66. The van der Waals surface area contributed by atoms with Gasteiger partial charge in [-0.05, 0) is 12.8 Å². The smallest absolute Gasteiger partial charge is 0.308 e. The van der Waals surface area contributed by atoms with E-state index in [-0.39, 0.29) is 17.5 Å². The zero-order valence-corrected chi connectivity index (χ0v) is 8.64. The lowest BCUT2D eigenvalue weighted by Gasteiger charge is -2.17. The van der Waals surface area contributed by atoms with Crippen molar-refractivity contribution in [3.05, 3.63) is 22.7 Å². The normalized spacial score (nSPS) is 24.2. The first-order valence-electron chi connectivity index (χ1n) is 5.21. The number of aromatic nitrogens is 2. The van der Waals surface area contributed by atoms with Crippen molar-refractivity contribution in [3.8, 4) is 0 Å². The van der Waals surface area contributed by atoms with Gasteiger partial charge in [-0.25, -0.2) is 4.98 Å². The van der Waals surface area contributed by atoms with Gasteiger partial charge < -0.3 is 15.4 Å². The quantitative estimate of drug-likeness (QED) is 0.691. The van der Waals surface area contributed by atoms with E-state index in [2.05, 4.69) is 15.3 Å². The average molecular weight is 223 g/mol. The molecular formula is C10H13N3O3. The fourth-order valence-electron chi connectivity index (χ4n) is 2.07. The Hall–Kier alpha value is -1.85. The standard InChI is InChI=1S/C10H13N3O3/c14-9-4-8(11-5-12-9)13-7-3-1-2-6(7)10(15)16/h4-7H,1-3H2,(H,15,16)(H2,11,12,13,14). The molecule has 86 valence electrons. The second kappa shape index (κ2) is 4.34. The van der Waals surface area contributed by atoms with Crippen LogP contribution in [0.5, 0.6) is 0 Å². The van der Waals surface area contributed by atoms with Gasteiger partial charge in [-0.15, -0.1) is 0 Å². The third-order valence-corrected chi connectivity index (χ3v) is 2.84. The maximum absolute atomic E-state index is 11.0. The van der Waals surface area contributed by atoms with Gasteiger partial charge in [0.2, 0.25) is 0 Å². The number of carboxylic acid groups (broad SMARTS) is 1. The molecule has 0 aliphatic heterocycles. The number of aliphatic carboxylic acids is 1. The number of rotatable bonds is 3. The van der Waals surface area contributed by atoms with Gasteiger partial charge in [-0.1, -0.05) is 6.42 Å². The molecule has 0 saturated heterocycles. The van der Waals surface area contributed by atoms with Crippen molar-refractivity contribution in [1.82, 2.24) is 9.97 Å². The highest BCUT2D eigenvalue weighted by Crippen LogP contribution is 2.27. The van der Waals surface area contributed by atoms with E-state index in [1.54, 1.807) is 0 Å². The number of H-pyrrole nitrogens is 1. The number of carbonyl (C=O) groups is 1. The Balaban J connectivity index is 2.09. The maximum atomic E-state index is 11.0. The molecule has 0 aromatic carbocycles. The van der Waals surface area contributed by atoms with Crippen LogP contribution in [-0.4, -0.2) is 27.1 Å². The van der Waals surface area contributed by atoms with Gasteiger partial charge in [0.25, 0.3) is 5.56 Å². The van der Waals surface area contributed by atoms with Gasteiger partial charge in [0.1, 0.15) is 5.82 Å². The molecule has 0 radical (unpaired) electrons. The van der Waals surface area contributed by atoms with Gasteiger partial charge in [-0.3, -0.25) is 9.59 Å². The Morgan fingerprint density at radius 1 is 1.56 bits per heavy atom. The van der Waals surface area contributed by atoms with Crippen LogP contribution in [0.25, 0.3) is 0 Å². The Morgan fingerprint density at radius 2 is 2.38 bits per heavy atom. The predicted molar refractivity (Wildman–Crippen MR) is 57.2 cm³/mol. The first-order valence-corrected chi connectivity index (χ1v) is 5.21. The van der Waals surface area contributed by atoms with Gasteiger partial charge in [-0.2, -0.15) is 0 Å². The highest BCUT2D eigenvalue weighted by Gasteiger charge is 2.32. The van der Waals surface area contributed by atoms with Gasteiger partial charge in [0.15, 0.2) is 0 Å². The van der Waals surface area contributed by atoms with Crippen LogP contribution in [0.4, 0.5) is 5.82 Å². The Bertz CT molecular complexity index is 443. The third-order valence-electron chi connectivity index (χ3n) is 2.84. The molecule has 1 aliphatic rings. The van der Waals surface area contributed by atoms with Crippen molar-refractivity contribution < 1.29 is 9.90 Å². The van der Waals surface area contributed by atoms with Crippen LogP contribution >= 0.6 is 0 Å². The fourth-order valence-corrected chi connectivity index (χ4v) is 2.07. The highest BCUT2D eigenvalue weighted by molar-refractivity contribution is 5.72. The molecule has 1 aromatic heterocycles. The zero-order valence-electron chi connectivity index (χ0n) is 8.64. The van der Waals surface area contributed by atoms with Crippen molar-refractivity contribution in [1.29, 1.82) is 0 Å². The molecule has 1 aliphatic carbocycles. The molecule has 1 aromatic rings. The van der Waals surface area contributed by atoms with Crippen LogP contribution in [0.1, 0.15) is 19.3 Å². The van der Waals surface area contributed by atoms with Gasteiger partial charge in [0, 0.05) is 12.1 Å². The molecule has 6 nitrogen and oxygen atoms in total. The number of anilines is 1. The van der Waals surface area contributed by atoms with Crippen molar-refractivity contribution in [3.63, 3.8) is 0 Å². The van der Waals surface area contributed by atoms with E-state index in [0.717, 1.165) is 12.8 Å². The Morgan fingerprint density at radius 3 is 3.06 bits per heavy atom. The minimum Gasteiger partial charge on any atom is -0.481 e. The molecule has 16 heavy (non-hydrogen) atoms. The topological polar surface area (TPSA) is 95.1 Å². The lowest BCUT2D eigenvalue weighted by atomic mass is 10.0. The van der Waals surface area contributed by atoms with Crippen molar-refractivity contribution in [2.75, 3.05) is 5.32 Å². The SMILES string of the molecule is O=C(O)C1CCCC1Nc1cc(=O)[nH]cn1. The molecule has 0 spiro atoms. The lowest BCUT2D eigenvalue weighted by Crippen LogP contribution is -2.30. The van der Waals surface area contributed by atoms with E-state index >= 15 is 0 Å². The summed E-state index contributed by atoms with van der Waals surface area (Å²) in [6, 6.07) is 1.20. The molecule has 1 saturated carbocycles. The number of aromatic amines is 1. The summed E-state index contributed by atoms with van der Waals surface area (Å²) in [5, 5.41) is 12.0. The second-order valence-electron chi connectivity index (χ2n) is 3.92. The van der Waals surface area contributed by atoms with E-state index in [4.69, 9.17) is 5.11 Å². The van der Waals surface area contributed by atoms with Crippen LogP contribution in [0.2, 0.25) is 0 Å². The molecule has 2 atom stereocenters. The highest BCUT2D eigenvalue weighted by atomic mass is 16.4. The van der Waals surface area contributed by atoms with Crippen LogP contribution in [0, 0.1) is 5.92 Å². The summed E-state index contributed by atoms with van der Waals surface area (Å²) in [6.45, 7) is 0. The summed E-state index contributed by atoms with van der Waals surface area (Å²) in [5.41, 5.74) is -0.248. The maximum Gasteiger partial charge on any atom is 0.308 e. The monoisotopic (exact) mass is 223 g/mol. The molecule has 2 unspecified atom stereocenters. The molecule has 0 bridgehead atoms. The summed E-state index contributed by atoms with van der Waals surface area (Å²) in [7, 11) is 0. The van der Waals surface area contributed by atoms with Crippen LogP contribution in [-0.2, 0) is 4.79 Å². The number of carboxylic acids is 1. The number of hydrogen-bond donors (Lipinski definition) is 3. The minimum atomic E-state index is -0.792. The molecule has 3 N–H and O–H groups in total. The van der Waals surface area contributed by atoms with E-state index in [0.29, 0.717) is 12.2 Å². The van der Waals surface area contributed by atoms with E-state index in [9.17, 15) is 9.59 Å². The lowest BCUT2D eigenvalue weighted by molar-refractivity contribution is -0.141. The molecular weight excluding hydrogens is 210 g/mol. The van der Waals surface area contributed by atoms with Crippen LogP contribution in [0.3, 0.4) is 0 Å². The second-order valence-corrected chi connectivity index (χ2v) is 3.92. The van der Waals surface area contributed by atoms with Crippen LogP contribution in [0.15, 0.2) is 17.2 Å². The molecule has 2 rings (SSSR count). The van der Waals surface area contributed by atoms with E-state index < -0.39 is 5.97 Å². The van der Waals surface area contributed by atoms with Crippen molar-refractivity contribution in [2.45, 2.75) is 25.3 Å². The summed E-state index contributed by atoms with van der Waals surface area (Å²) in [6.07, 6.45) is 3.66. The molecule has 0 amide bonds. The van der Waals surface area contributed by atoms with E-state index in [1.807, 2.05) is 0 Å². The molecule has 6 heteroatoms. The summed E-state index contributed by atoms with van der Waals surface area (Å²) in [5.74, 6) is -0.747. The Kier molecular flexibility index (Phi) is 2.89. The summed E-state index contributed by atoms with van der Waals surface area (Å²) >= 11 is 0. The Labute approximate surface area is 91.7 Å². The van der Waals surface area contributed by atoms with Crippen molar-refractivity contribution >= 4 is 11.8 Å². The van der Waals surface area contributed by atoms with Gasteiger partial charge in [0.05, 0.1) is 12.2 Å². The number of nitrogens with one attached hydrogen (secondary N) is 2. The largest absolute Gasteiger partial charge is 0.481 e. The minimum absolute atomic E-state index is 0.133.